The molecule has 2 aromatic rings. The van der Waals surface area contributed by atoms with Gasteiger partial charge in [-0.1, -0.05) is 18.2 Å². The van der Waals surface area contributed by atoms with Crippen LogP contribution in [0.4, 0.5) is 5.69 Å². The maximum absolute atomic E-state index is 12.1. The molecule has 0 saturated carbocycles. The van der Waals surface area contributed by atoms with E-state index in [0.29, 0.717) is 13.1 Å². The summed E-state index contributed by atoms with van der Waals surface area (Å²) in [5.41, 5.74) is 3.09. The summed E-state index contributed by atoms with van der Waals surface area (Å²) in [6.07, 6.45) is 1.65. The van der Waals surface area contributed by atoms with E-state index in [4.69, 9.17) is 4.42 Å². The molecule has 2 N–H and O–H groups in total. The zero-order valence-corrected chi connectivity index (χ0v) is 12.2. The summed E-state index contributed by atoms with van der Waals surface area (Å²) in [6, 6.07) is 9.78. The Labute approximate surface area is 119 Å². The smallest absolute Gasteiger partial charge is 0.279 e. The van der Waals surface area contributed by atoms with Crippen LogP contribution < -0.4 is 10.2 Å². The minimum Gasteiger partial charge on any atom is -0.463 e. The van der Waals surface area contributed by atoms with E-state index >= 15 is 0 Å². The lowest BCUT2D eigenvalue weighted by Gasteiger charge is -2.14. The van der Waals surface area contributed by atoms with Gasteiger partial charge in [0.15, 0.2) is 12.3 Å². The van der Waals surface area contributed by atoms with Gasteiger partial charge in [0.05, 0.1) is 13.3 Å². The third-order valence-corrected chi connectivity index (χ3v) is 3.26. The molecule has 4 heteroatoms. The van der Waals surface area contributed by atoms with Crippen LogP contribution in [0.1, 0.15) is 16.9 Å². The van der Waals surface area contributed by atoms with Gasteiger partial charge in [-0.3, -0.25) is 4.79 Å². The van der Waals surface area contributed by atoms with Crippen molar-refractivity contribution < 1.29 is 14.1 Å². The molecule has 2 rings (SSSR count). The first kappa shape index (κ1) is 14.3. The summed E-state index contributed by atoms with van der Waals surface area (Å²) in [5, 5.41) is 3.00. The van der Waals surface area contributed by atoms with Crippen LogP contribution in [-0.4, -0.2) is 19.5 Å². The number of carbonyl (C=O) groups excluding carboxylic acids is 1. The highest BCUT2D eigenvalue weighted by Crippen LogP contribution is 2.18. The molecule has 0 aliphatic heterocycles. The quantitative estimate of drug-likeness (QED) is 0.868. The van der Waals surface area contributed by atoms with Gasteiger partial charge in [-0.25, -0.2) is 0 Å². The highest BCUT2D eigenvalue weighted by molar-refractivity contribution is 5.93. The Bertz CT molecular complexity index is 556. The van der Waals surface area contributed by atoms with Crippen molar-refractivity contribution >= 4 is 11.6 Å². The van der Waals surface area contributed by atoms with E-state index in [1.165, 1.54) is 0 Å². The number of para-hydroxylation sites is 1. The number of likely N-dealkylation sites (N-methyl/N-ethyl adjacent to an activating group) is 1. The fourth-order valence-electron chi connectivity index (χ4n) is 2.24. The van der Waals surface area contributed by atoms with Crippen LogP contribution in [0.5, 0.6) is 0 Å². The third-order valence-electron chi connectivity index (χ3n) is 3.26. The Morgan fingerprint density at radius 1 is 1.20 bits per heavy atom. The van der Waals surface area contributed by atoms with Crippen molar-refractivity contribution in [1.29, 1.82) is 0 Å². The predicted molar refractivity (Wildman–Crippen MR) is 78.7 cm³/mol. The summed E-state index contributed by atoms with van der Waals surface area (Å²) < 4.78 is 5.29. The number of anilines is 1. The number of benzene rings is 1. The molecule has 0 aliphatic carbocycles. The summed E-state index contributed by atoms with van der Waals surface area (Å²) in [5.74, 6) is 0.911. The largest absolute Gasteiger partial charge is 0.463 e. The van der Waals surface area contributed by atoms with Gasteiger partial charge in [0.25, 0.3) is 5.91 Å². The minimum atomic E-state index is 0.0199. The van der Waals surface area contributed by atoms with Crippen LogP contribution >= 0.6 is 0 Å². The molecular weight excluding hydrogens is 252 g/mol. The molecule has 0 spiro atoms. The molecule has 1 aromatic heterocycles. The van der Waals surface area contributed by atoms with E-state index in [9.17, 15) is 4.79 Å². The van der Waals surface area contributed by atoms with Crippen LogP contribution in [0.25, 0.3) is 0 Å². The number of quaternary nitrogens is 1. The van der Waals surface area contributed by atoms with Gasteiger partial charge < -0.3 is 14.6 Å². The lowest BCUT2D eigenvalue weighted by atomic mass is 10.1. The number of amides is 1. The summed E-state index contributed by atoms with van der Waals surface area (Å²) in [7, 11) is 1.98. The van der Waals surface area contributed by atoms with E-state index in [2.05, 4.69) is 5.32 Å². The van der Waals surface area contributed by atoms with E-state index < -0.39 is 0 Å². The number of hydrogen-bond donors (Lipinski definition) is 2. The number of carbonyl (C=O) groups is 1. The molecule has 1 aromatic carbocycles. The van der Waals surface area contributed by atoms with Gasteiger partial charge in [0.1, 0.15) is 6.54 Å². The molecule has 1 atom stereocenters. The molecule has 1 heterocycles. The highest BCUT2D eigenvalue weighted by atomic mass is 16.3. The van der Waals surface area contributed by atoms with Crippen molar-refractivity contribution in [3.8, 4) is 0 Å². The van der Waals surface area contributed by atoms with E-state index in [1.54, 1.807) is 6.26 Å². The molecule has 0 radical (unpaired) electrons. The van der Waals surface area contributed by atoms with Crippen molar-refractivity contribution in [3.05, 3.63) is 53.5 Å². The first-order valence-corrected chi connectivity index (χ1v) is 6.76. The molecule has 1 amide bonds. The molecule has 0 bridgehead atoms. The van der Waals surface area contributed by atoms with Crippen LogP contribution in [0.3, 0.4) is 0 Å². The topological polar surface area (TPSA) is 46.7 Å². The Hall–Kier alpha value is -2.07. The molecule has 20 heavy (non-hydrogen) atoms. The lowest BCUT2D eigenvalue weighted by molar-refractivity contribution is -0.886. The number of furan rings is 1. The summed E-state index contributed by atoms with van der Waals surface area (Å²) in [6.45, 7) is 5.12. The van der Waals surface area contributed by atoms with Crippen molar-refractivity contribution in [2.45, 2.75) is 20.4 Å². The summed E-state index contributed by atoms with van der Waals surface area (Å²) in [4.78, 5) is 13.2. The Kier molecular flexibility index (Phi) is 4.58. The number of aryl methyl sites for hydroxylation is 2. The number of rotatable bonds is 5. The molecule has 0 saturated heterocycles. The summed E-state index contributed by atoms with van der Waals surface area (Å²) >= 11 is 0. The Morgan fingerprint density at radius 3 is 2.50 bits per heavy atom. The first-order chi connectivity index (χ1) is 9.56. The van der Waals surface area contributed by atoms with Crippen molar-refractivity contribution in [1.82, 2.24) is 0 Å². The highest BCUT2D eigenvalue weighted by Gasteiger charge is 2.13. The number of nitrogens with one attached hydrogen (secondary N) is 2. The van der Waals surface area contributed by atoms with Crippen LogP contribution in [-0.2, 0) is 11.3 Å². The van der Waals surface area contributed by atoms with Crippen molar-refractivity contribution in [2.75, 3.05) is 18.9 Å². The zero-order valence-electron chi connectivity index (χ0n) is 12.2. The van der Waals surface area contributed by atoms with Gasteiger partial charge in [-0.15, -0.1) is 0 Å². The van der Waals surface area contributed by atoms with E-state index in [-0.39, 0.29) is 5.91 Å². The lowest BCUT2D eigenvalue weighted by Crippen LogP contribution is -3.08. The molecule has 0 fully saturated rings. The maximum atomic E-state index is 12.1. The predicted octanol–water partition coefficient (Wildman–Crippen LogP) is 1.55. The average Bonchev–Trinajstić information content (AvgIpc) is 2.86. The van der Waals surface area contributed by atoms with Crippen LogP contribution in [0.15, 0.2) is 41.0 Å². The van der Waals surface area contributed by atoms with Gasteiger partial charge in [-0.05, 0) is 37.1 Å². The van der Waals surface area contributed by atoms with Crippen LogP contribution in [0, 0.1) is 13.8 Å². The maximum Gasteiger partial charge on any atom is 0.279 e. The molecule has 1 unspecified atom stereocenters. The van der Waals surface area contributed by atoms with Gasteiger partial charge in [-0.2, -0.15) is 0 Å². The average molecular weight is 273 g/mol. The monoisotopic (exact) mass is 273 g/mol. The van der Waals surface area contributed by atoms with Crippen molar-refractivity contribution in [3.63, 3.8) is 0 Å². The molecule has 106 valence electrons. The van der Waals surface area contributed by atoms with Crippen molar-refractivity contribution in [2.24, 2.45) is 0 Å². The second-order valence-corrected chi connectivity index (χ2v) is 5.21. The normalized spacial score (nSPS) is 12.2. The first-order valence-electron chi connectivity index (χ1n) is 6.76. The fourth-order valence-corrected chi connectivity index (χ4v) is 2.24. The van der Waals surface area contributed by atoms with Gasteiger partial charge >= 0.3 is 0 Å². The molecule has 4 nitrogen and oxygen atoms in total. The second-order valence-electron chi connectivity index (χ2n) is 5.21. The molecular formula is C16H21N2O2+. The van der Waals surface area contributed by atoms with E-state index in [1.807, 2.05) is 51.2 Å². The Morgan fingerprint density at radius 2 is 1.90 bits per heavy atom. The minimum absolute atomic E-state index is 0.0199. The number of hydrogen-bond acceptors (Lipinski definition) is 2. The Balaban J connectivity index is 1.92. The standard InChI is InChI=1S/C16H20N2O2/c1-12-6-4-7-13(2)16(12)17-15(19)11-18(3)10-14-8-5-9-20-14/h4-9H,10-11H2,1-3H3,(H,17,19)/p+1. The third kappa shape index (κ3) is 3.71. The van der Waals surface area contributed by atoms with E-state index in [0.717, 1.165) is 27.5 Å². The zero-order chi connectivity index (χ0) is 14.5. The molecule has 0 aliphatic rings. The SMILES string of the molecule is Cc1cccc(C)c1NC(=O)C[NH+](C)Cc1ccco1. The van der Waals surface area contributed by atoms with Gasteiger partial charge in [0.2, 0.25) is 0 Å². The van der Waals surface area contributed by atoms with Gasteiger partial charge in [0, 0.05) is 5.69 Å². The van der Waals surface area contributed by atoms with Crippen LogP contribution in [0.2, 0.25) is 0 Å². The second kappa shape index (κ2) is 6.39. The fraction of sp³-hybridized carbons (Fsp3) is 0.312.